The zero-order valence-electron chi connectivity index (χ0n) is 38.0. The molecule has 2 fully saturated rings. The first-order chi connectivity index (χ1) is 31.4. The maximum absolute atomic E-state index is 14.4. The fourth-order valence-electron chi connectivity index (χ4n) is 8.52. The van der Waals surface area contributed by atoms with E-state index in [4.69, 9.17) is 4.74 Å². The third kappa shape index (κ3) is 12.4. The second kappa shape index (κ2) is 23.6. The second-order valence-corrected chi connectivity index (χ2v) is 16.4. The van der Waals surface area contributed by atoms with Gasteiger partial charge in [0.1, 0.15) is 23.7 Å². The van der Waals surface area contributed by atoms with Crippen molar-refractivity contribution in [1.82, 2.24) is 9.80 Å². The van der Waals surface area contributed by atoms with Crippen molar-refractivity contribution in [2.75, 3.05) is 30.8 Å². The van der Waals surface area contributed by atoms with Crippen LogP contribution in [0.4, 0.5) is 20.2 Å². The first kappa shape index (κ1) is 51.2. The Balaban J connectivity index is 0.000000244. The Morgan fingerprint density at radius 1 is 0.597 bits per heavy atom. The van der Waals surface area contributed by atoms with Gasteiger partial charge in [-0.25, -0.2) is 18.4 Å². The van der Waals surface area contributed by atoms with Crippen molar-refractivity contribution in [3.05, 3.63) is 202 Å². The van der Waals surface area contributed by atoms with Crippen LogP contribution in [0.2, 0.25) is 0 Å². The van der Waals surface area contributed by atoms with Gasteiger partial charge in [0.2, 0.25) is 11.8 Å². The Hall–Kier alpha value is -6.78. The van der Waals surface area contributed by atoms with Gasteiger partial charge in [0, 0.05) is 13.1 Å². The summed E-state index contributed by atoms with van der Waals surface area (Å²) in [6.07, 6.45) is 3.19. The first-order valence-corrected chi connectivity index (χ1v) is 21.7. The van der Waals surface area contributed by atoms with Crippen LogP contribution < -0.4 is 29.5 Å². The maximum Gasteiger partial charge on any atom is 1.00 e. The monoisotopic (exact) mass is 902 g/mol. The number of para-hydroxylation sites is 2. The van der Waals surface area contributed by atoms with Gasteiger partial charge in [0.05, 0.1) is 41.7 Å². The SMILES string of the molecule is COC(=O)c1cccc([C@@H]2CCCN2C(=O)C(Nc2ccccc2F)c2ccc(C)cc2)c1.Cc1ccc(C(Nc2ccccc2F)C(=O)N2CCC[C@H]2c2cccc(C(=O)O)c2)cc1.[Li+].[OH-]. The Morgan fingerprint density at radius 2 is 1.00 bits per heavy atom. The first-order valence-electron chi connectivity index (χ1n) is 21.7. The fourth-order valence-corrected chi connectivity index (χ4v) is 8.52. The van der Waals surface area contributed by atoms with E-state index in [1.807, 2.05) is 79.4 Å². The molecule has 6 aromatic carbocycles. The van der Waals surface area contributed by atoms with E-state index < -0.39 is 35.7 Å². The maximum atomic E-state index is 14.4. The molecule has 2 aliphatic heterocycles. The van der Waals surface area contributed by atoms with Crippen LogP contribution in [0.25, 0.3) is 0 Å². The van der Waals surface area contributed by atoms with Gasteiger partial charge in [-0.15, -0.1) is 0 Å². The molecule has 0 aromatic heterocycles. The number of likely N-dealkylation sites (tertiary alicyclic amines) is 2. The average Bonchev–Trinajstić information content (AvgIpc) is 4.03. The molecule has 0 radical (unpaired) electrons. The number of anilines is 2. The normalized spacial score (nSPS) is 16.0. The zero-order valence-corrected chi connectivity index (χ0v) is 38.0. The predicted octanol–water partition coefficient (Wildman–Crippen LogP) is 7.61. The Kier molecular flexibility index (Phi) is 18.0. The van der Waals surface area contributed by atoms with Crippen LogP contribution in [0, 0.1) is 25.5 Å². The largest absolute Gasteiger partial charge is 1.00 e. The van der Waals surface area contributed by atoms with E-state index in [2.05, 4.69) is 10.6 Å². The molecule has 4 N–H and O–H groups in total. The van der Waals surface area contributed by atoms with E-state index in [1.165, 1.54) is 19.2 Å². The quantitative estimate of drug-likeness (QED) is 0.0831. The number of halogens is 2. The number of aryl methyl sites for hydroxylation is 2. The van der Waals surface area contributed by atoms with Gasteiger partial charge in [-0.05, 0) is 110 Å². The van der Waals surface area contributed by atoms with Gasteiger partial charge in [-0.1, -0.05) is 108 Å². The number of hydrogen-bond donors (Lipinski definition) is 3. The smallest absolute Gasteiger partial charge is 0.870 e. The number of esters is 1. The molecule has 2 heterocycles. The van der Waals surface area contributed by atoms with Crippen molar-refractivity contribution < 1.29 is 62.1 Å². The van der Waals surface area contributed by atoms with E-state index in [-0.39, 0.29) is 65.2 Å². The zero-order chi connectivity index (χ0) is 46.0. The van der Waals surface area contributed by atoms with Gasteiger partial charge in [-0.3, -0.25) is 9.59 Å². The molecule has 0 spiro atoms. The summed E-state index contributed by atoms with van der Waals surface area (Å²) in [4.78, 5) is 54.7. The van der Waals surface area contributed by atoms with Gasteiger partial charge in [0.25, 0.3) is 0 Å². The minimum Gasteiger partial charge on any atom is -0.870 e. The van der Waals surface area contributed by atoms with Crippen molar-refractivity contribution in [1.29, 1.82) is 0 Å². The fraction of sp³-hybridized carbons (Fsp3) is 0.245. The topological polar surface area (TPSA) is 158 Å². The number of nitrogens with one attached hydrogen (secondary N) is 2. The number of benzene rings is 6. The van der Waals surface area contributed by atoms with Gasteiger partial charge in [0.15, 0.2) is 0 Å². The molecule has 2 amide bonds. The van der Waals surface area contributed by atoms with Gasteiger partial charge < -0.3 is 35.8 Å². The van der Waals surface area contributed by atoms with E-state index in [9.17, 15) is 33.1 Å². The summed E-state index contributed by atoms with van der Waals surface area (Å²) in [7, 11) is 1.35. The molecule has 2 aliphatic rings. The summed E-state index contributed by atoms with van der Waals surface area (Å²) in [5.41, 5.74) is 6.52. The van der Waals surface area contributed by atoms with Crippen LogP contribution in [0.3, 0.4) is 0 Å². The molecule has 2 saturated heterocycles. The summed E-state index contributed by atoms with van der Waals surface area (Å²) in [5, 5.41) is 15.6. The van der Waals surface area contributed by atoms with Crippen LogP contribution in [0.15, 0.2) is 146 Å². The molecule has 0 aliphatic carbocycles. The number of nitrogens with zero attached hydrogens (tertiary/aromatic N) is 2. The molecular weight excluding hydrogens is 850 g/mol. The Labute approximate surface area is 401 Å². The van der Waals surface area contributed by atoms with Crippen molar-refractivity contribution >= 4 is 35.1 Å². The molecule has 4 atom stereocenters. The number of carboxylic acids is 1. The van der Waals surface area contributed by atoms with Crippen molar-refractivity contribution in [2.45, 2.75) is 63.7 Å². The summed E-state index contributed by atoms with van der Waals surface area (Å²) >= 11 is 0. The molecule has 2 unspecified atom stereocenters. The Morgan fingerprint density at radius 3 is 1.40 bits per heavy atom. The van der Waals surface area contributed by atoms with E-state index in [0.29, 0.717) is 18.7 Å². The minimum atomic E-state index is -0.999. The van der Waals surface area contributed by atoms with Crippen LogP contribution >= 0.6 is 0 Å². The molecule has 0 saturated carbocycles. The standard InChI is InChI=1S/C27H27FN2O3.C26H25FN2O3.Li.H2O/c1-18-12-14-19(15-13-18)25(29-23-10-4-3-9-22(23)28)26(31)30-16-6-11-24(30)20-7-5-8-21(17-20)27(32)33-2;1-17-11-13-18(14-12-17)24(28-22-9-3-2-8-21(22)27)25(30)29-15-5-10-23(29)19-6-4-7-20(16-19)26(31)32;;/h3-5,7-10,12-15,17,24-25,29H,6,11,16H2,1-2H3;2-4,6-9,11-14,16,23-24,28H,5,10,15H2,1H3,(H,31,32);;1H2/q;;+1;/p-1/t24-,25?;23-,24?;;/m00../s1. The van der Waals surface area contributed by atoms with E-state index in [1.54, 1.807) is 77.7 Å². The average molecular weight is 903 g/mol. The number of ether oxygens (including phenoxy) is 1. The molecule has 11 nitrogen and oxygen atoms in total. The molecule has 6 aromatic rings. The summed E-state index contributed by atoms with van der Waals surface area (Å²) in [6.45, 7) is 5.10. The van der Waals surface area contributed by atoms with Crippen LogP contribution in [-0.2, 0) is 14.3 Å². The van der Waals surface area contributed by atoms with Crippen molar-refractivity contribution in [3.8, 4) is 0 Å². The molecule has 67 heavy (non-hydrogen) atoms. The van der Waals surface area contributed by atoms with Gasteiger partial charge in [-0.2, -0.15) is 0 Å². The van der Waals surface area contributed by atoms with Crippen LogP contribution in [0.5, 0.6) is 0 Å². The second-order valence-electron chi connectivity index (χ2n) is 16.4. The third-order valence-electron chi connectivity index (χ3n) is 11.9. The number of carbonyl (C=O) groups excluding carboxylic acids is 3. The molecule has 8 rings (SSSR count). The van der Waals surface area contributed by atoms with Crippen LogP contribution in [-0.4, -0.2) is 64.3 Å². The third-order valence-corrected chi connectivity index (χ3v) is 11.9. The number of carbonyl (C=O) groups is 4. The summed E-state index contributed by atoms with van der Waals surface area (Å²) < 4.78 is 33.7. The Bertz CT molecular complexity index is 2650. The molecular formula is C53H53F2LiN4O7. The van der Waals surface area contributed by atoms with Gasteiger partial charge >= 0.3 is 30.8 Å². The van der Waals surface area contributed by atoms with Crippen molar-refractivity contribution in [3.63, 3.8) is 0 Å². The number of aromatic carboxylic acids is 1. The predicted molar refractivity (Wildman–Crippen MR) is 248 cm³/mol. The molecule has 342 valence electrons. The minimum absolute atomic E-state index is 0. The number of methoxy groups -OCH3 is 1. The molecule has 14 heteroatoms. The van der Waals surface area contributed by atoms with Crippen molar-refractivity contribution in [2.24, 2.45) is 0 Å². The number of amides is 2. The van der Waals surface area contributed by atoms with E-state index in [0.717, 1.165) is 59.1 Å². The van der Waals surface area contributed by atoms with E-state index >= 15 is 0 Å². The summed E-state index contributed by atoms with van der Waals surface area (Å²) in [5.74, 6) is -2.54. The number of carboxylic acid groups (broad SMARTS) is 1. The summed E-state index contributed by atoms with van der Waals surface area (Å²) in [6, 6.07) is 40.0. The molecule has 0 bridgehead atoms. The number of rotatable bonds is 12. The van der Waals surface area contributed by atoms with Crippen LogP contribution in [0.1, 0.15) is 104 Å². The number of hydrogen-bond acceptors (Lipinski definition) is 8.